The molecule has 0 atom stereocenters. The van der Waals surface area contributed by atoms with Crippen molar-refractivity contribution < 1.29 is 26.3 Å². The summed E-state index contributed by atoms with van der Waals surface area (Å²) in [5.41, 5.74) is 0. The van der Waals surface area contributed by atoms with Gasteiger partial charge in [-0.05, 0) is 24.3 Å². The third-order valence-corrected chi connectivity index (χ3v) is 2.62. The zero-order chi connectivity index (χ0) is 12.4. The van der Waals surface area contributed by atoms with Crippen molar-refractivity contribution in [1.29, 1.82) is 5.26 Å². The number of alkyl halides is 3. The topological polar surface area (TPSA) is 67.2 Å². The Balaban J connectivity index is 2.98. The maximum atomic E-state index is 11.7. The molecular formula is C8H4F3NO3S. The van der Waals surface area contributed by atoms with Crippen molar-refractivity contribution in [3.05, 3.63) is 24.3 Å². The van der Waals surface area contributed by atoms with Gasteiger partial charge in [0.1, 0.15) is 5.75 Å². The number of rotatable bonds is 2. The van der Waals surface area contributed by atoms with Crippen LogP contribution in [0, 0.1) is 10.7 Å². The Morgan fingerprint density at radius 3 is 2.06 bits per heavy atom. The average Bonchev–Trinajstić information content (AvgIpc) is 2.16. The number of hydrogen-bond acceptors (Lipinski definition) is 4. The molecule has 0 heterocycles. The average molecular weight is 251 g/mol. The summed E-state index contributed by atoms with van der Waals surface area (Å²) in [5.74, 6) is -0.551. The molecule has 4 nitrogen and oxygen atoms in total. The van der Waals surface area contributed by atoms with E-state index in [4.69, 9.17) is 5.26 Å². The van der Waals surface area contributed by atoms with E-state index in [1.54, 1.807) is 0 Å². The Morgan fingerprint density at radius 2 is 1.69 bits per heavy atom. The molecule has 1 aromatic carbocycles. The molecule has 0 fully saturated rings. The molecule has 0 aliphatic carbocycles. The number of ether oxygens (including phenoxy) is 1. The Labute approximate surface area is 88.8 Å². The van der Waals surface area contributed by atoms with Gasteiger partial charge >= 0.3 is 6.36 Å². The van der Waals surface area contributed by atoms with Gasteiger partial charge in [0.25, 0.3) is 9.84 Å². The van der Waals surface area contributed by atoms with E-state index < -0.39 is 21.9 Å². The van der Waals surface area contributed by atoms with Gasteiger partial charge in [0.15, 0.2) is 5.40 Å². The Morgan fingerprint density at radius 1 is 1.19 bits per heavy atom. The highest BCUT2D eigenvalue weighted by Crippen LogP contribution is 2.23. The molecule has 0 amide bonds. The lowest BCUT2D eigenvalue weighted by atomic mass is 10.3. The molecule has 0 unspecified atom stereocenters. The van der Waals surface area contributed by atoms with Crippen molar-refractivity contribution in [3.8, 4) is 11.2 Å². The zero-order valence-electron chi connectivity index (χ0n) is 7.52. The van der Waals surface area contributed by atoms with E-state index >= 15 is 0 Å². The monoisotopic (exact) mass is 251 g/mol. The summed E-state index contributed by atoms with van der Waals surface area (Å²) >= 11 is 0. The van der Waals surface area contributed by atoms with Crippen LogP contribution in [-0.2, 0) is 9.84 Å². The van der Waals surface area contributed by atoms with Crippen LogP contribution < -0.4 is 4.74 Å². The first-order valence-electron chi connectivity index (χ1n) is 3.76. The number of nitrogens with zero attached hydrogens (tertiary/aromatic N) is 1. The minimum Gasteiger partial charge on any atom is -0.406 e. The van der Waals surface area contributed by atoms with Crippen molar-refractivity contribution in [1.82, 2.24) is 0 Å². The first kappa shape index (κ1) is 12.3. The molecule has 0 saturated carbocycles. The van der Waals surface area contributed by atoms with Crippen LogP contribution >= 0.6 is 0 Å². The SMILES string of the molecule is N#CS(=O)(=O)c1ccc(OC(F)(F)F)cc1. The van der Waals surface area contributed by atoms with Crippen LogP contribution in [0.5, 0.6) is 5.75 Å². The second-order valence-electron chi connectivity index (χ2n) is 2.61. The van der Waals surface area contributed by atoms with Crippen molar-refractivity contribution in [3.63, 3.8) is 0 Å². The van der Waals surface area contributed by atoms with Crippen LogP contribution in [-0.4, -0.2) is 14.8 Å². The Bertz CT molecular complexity index is 513. The molecule has 0 aromatic heterocycles. The highest BCUT2D eigenvalue weighted by Gasteiger charge is 2.31. The predicted molar refractivity (Wildman–Crippen MR) is 45.9 cm³/mol. The summed E-state index contributed by atoms with van der Waals surface area (Å²) in [6.45, 7) is 0. The molecule has 0 radical (unpaired) electrons. The van der Waals surface area contributed by atoms with E-state index in [1.807, 2.05) is 0 Å². The first-order chi connectivity index (χ1) is 7.24. The first-order valence-corrected chi connectivity index (χ1v) is 5.24. The Hall–Kier alpha value is -1.75. The fourth-order valence-corrected chi connectivity index (χ4v) is 1.47. The zero-order valence-corrected chi connectivity index (χ0v) is 8.34. The van der Waals surface area contributed by atoms with Crippen molar-refractivity contribution in [2.75, 3.05) is 0 Å². The van der Waals surface area contributed by atoms with E-state index in [2.05, 4.69) is 4.74 Å². The van der Waals surface area contributed by atoms with Gasteiger partial charge in [-0.2, -0.15) is 5.26 Å². The van der Waals surface area contributed by atoms with E-state index in [9.17, 15) is 21.6 Å². The normalized spacial score (nSPS) is 11.9. The lowest BCUT2D eigenvalue weighted by molar-refractivity contribution is -0.274. The number of hydrogen-bond donors (Lipinski definition) is 0. The molecule has 0 spiro atoms. The molecule has 0 bridgehead atoms. The smallest absolute Gasteiger partial charge is 0.406 e. The summed E-state index contributed by atoms with van der Waals surface area (Å²) in [6.07, 6.45) is -4.84. The maximum Gasteiger partial charge on any atom is 0.573 e. The Kier molecular flexibility index (Phi) is 3.09. The molecule has 0 aliphatic rings. The highest BCUT2D eigenvalue weighted by atomic mass is 32.2. The van der Waals surface area contributed by atoms with Crippen molar-refractivity contribution in [2.24, 2.45) is 0 Å². The number of sulfone groups is 1. The van der Waals surface area contributed by atoms with Crippen molar-refractivity contribution in [2.45, 2.75) is 11.3 Å². The summed E-state index contributed by atoms with van der Waals surface area (Å²) in [6, 6.07) is 3.36. The van der Waals surface area contributed by atoms with Crippen LogP contribution in [0.15, 0.2) is 29.2 Å². The minimum atomic E-state index is -4.84. The quantitative estimate of drug-likeness (QED) is 0.594. The molecule has 1 rings (SSSR count). The number of nitriles is 1. The van der Waals surface area contributed by atoms with Crippen LogP contribution in [0.2, 0.25) is 0 Å². The minimum absolute atomic E-state index is 0.385. The summed E-state index contributed by atoms with van der Waals surface area (Å²) in [5, 5.41) is 9.29. The van der Waals surface area contributed by atoms with Gasteiger partial charge in [-0.3, -0.25) is 0 Å². The molecule has 1 aromatic rings. The van der Waals surface area contributed by atoms with E-state index in [1.165, 1.54) is 0 Å². The van der Waals surface area contributed by atoms with Gasteiger partial charge in [0.2, 0.25) is 0 Å². The van der Waals surface area contributed by atoms with E-state index in [-0.39, 0.29) is 4.90 Å². The van der Waals surface area contributed by atoms with E-state index in [0.717, 1.165) is 29.7 Å². The van der Waals surface area contributed by atoms with Gasteiger partial charge in [0.05, 0.1) is 4.90 Å². The molecular weight excluding hydrogens is 247 g/mol. The lowest BCUT2D eigenvalue weighted by Crippen LogP contribution is -2.17. The standard InChI is InChI=1S/C8H4F3NO3S/c9-8(10,11)15-6-1-3-7(4-2-6)16(13,14)5-12/h1-4H. The molecule has 0 aliphatic heterocycles. The molecule has 0 saturated heterocycles. The highest BCUT2D eigenvalue weighted by molar-refractivity contribution is 7.95. The summed E-state index contributed by atoms with van der Waals surface area (Å²) in [4.78, 5) is -0.385. The molecule has 0 N–H and O–H groups in total. The molecule has 86 valence electrons. The van der Waals surface area contributed by atoms with Crippen molar-refractivity contribution >= 4 is 9.84 Å². The largest absolute Gasteiger partial charge is 0.573 e. The van der Waals surface area contributed by atoms with E-state index in [0.29, 0.717) is 0 Å². The van der Waals surface area contributed by atoms with Gasteiger partial charge in [-0.1, -0.05) is 0 Å². The third-order valence-electron chi connectivity index (χ3n) is 1.49. The van der Waals surface area contributed by atoms with Crippen LogP contribution in [0.3, 0.4) is 0 Å². The van der Waals surface area contributed by atoms with Crippen LogP contribution in [0.1, 0.15) is 0 Å². The predicted octanol–water partition coefficient (Wildman–Crippen LogP) is 1.84. The number of halogens is 3. The summed E-state index contributed by atoms with van der Waals surface area (Å²) in [7, 11) is -4.09. The third kappa shape index (κ3) is 3.13. The van der Waals surface area contributed by atoms with Gasteiger partial charge < -0.3 is 4.74 Å². The van der Waals surface area contributed by atoms with Crippen LogP contribution in [0.4, 0.5) is 13.2 Å². The van der Waals surface area contributed by atoms with Gasteiger partial charge in [0, 0.05) is 0 Å². The maximum absolute atomic E-state index is 11.7. The molecule has 16 heavy (non-hydrogen) atoms. The van der Waals surface area contributed by atoms with Gasteiger partial charge in [-0.25, -0.2) is 8.42 Å². The van der Waals surface area contributed by atoms with Crippen LogP contribution in [0.25, 0.3) is 0 Å². The summed E-state index contributed by atoms with van der Waals surface area (Å²) < 4.78 is 60.7. The fraction of sp³-hybridized carbons (Fsp3) is 0.125. The second kappa shape index (κ2) is 4.02. The number of thiocyanates is 1. The fourth-order valence-electron chi connectivity index (χ4n) is 0.873. The number of benzene rings is 1. The second-order valence-corrected chi connectivity index (χ2v) is 4.27. The molecule has 8 heteroatoms. The van der Waals surface area contributed by atoms with Gasteiger partial charge in [-0.15, -0.1) is 13.2 Å². The lowest BCUT2D eigenvalue weighted by Gasteiger charge is -2.08.